The maximum Gasteiger partial charge on any atom is 0.225 e. The first-order valence-electron chi connectivity index (χ1n) is 9.72. The molecule has 2 amide bonds. The van der Waals surface area contributed by atoms with E-state index < -0.39 is 0 Å². The van der Waals surface area contributed by atoms with Crippen LogP contribution in [0.1, 0.15) is 65.1 Å². The van der Waals surface area contributed by atoms with Gasteiger partial charge < -0.3 is 9.80 Å². The number of carbonyl (C=O) groups is 2. The number of likely N-dealkylation sites (tertiary alicyclic amines) is 2. The topological polar surface area (TPSA) is 71.3 Å². The maximum absolute atomic E-state index is 12.8. The van der Waals surface area contributed by atoms with Crippen molar-refractivity contribution in [3.63, 3.8) is 0 Å². The number of carbonyl (C=O) groups excluding carboxylic acids is 2. The molecule has 1 aromatic heterocycles. The zero-order valence-corrected chi connectivity index (χ0v) is 16.4. The standard InChI is InChI=1S/C19H31N5O2/c1-14(25)22-9-5-15(6-10-22)18(26)23-11-7-16(8-12-23)24-13-17(20-21-24)19(2,3)4/h13,15-16H,5-12H2,1-4H3. The Morgan fingerprint density at radius 2 is 1.58 bits per heavy atom. The van der Waals surface area contributed by atoms with Crippen LogP contribution < -0.4 is 0 Å². The van der Waals surface area contributed by atoms with Gasteiger partial charge in [-0.1, -0.05) is 26.0 Å². The van der Waals surface area contributed by atoms with Gasteiger partial charge in [-0.3, -0.25) is 9.59 Å². The van der Waals surface area contributed by atoms with Gasteiger partial charge in [0.05, 0.1) is 11.7 Å². The minimum absolute atomic E-state index is 0.00363. The van der Waals surface area contributed by atoms with Gasteiger partial charge >= 0.3 is 0 Å². The summed E-state index contributed by atoms with van der Waals surface area (Å²) in [6.45, 7) is 11.0. The minimum Gasteiger partial charge on any atom is -0.343 e. The summed E-state index contributed by atoms with van der Waals surface area (Å²) in [6, 6.07) is 0.321. The maximum atomic E-state index is 12.8. The van der Waals surface area contributed by atoms with Crippen molar-refractivity contribution < 1.29 is 9.59 Å². The van der Waals surface area contributed by atoms with Crippen molar-refractivity contribution in [3.05, 3.63) is 11.9 Å². The molecule has 26 heavy (non-hydrogen) atoms. The number of piperidine rings is 2. The Labute approximate surface area is 155 Å². The van der Waals surface area contributed by atoms with Crippen molar-refractivity contribution in [2.75, 3.05) is 26.2 Å². The lowest BCUT2D eigenvalue weighted by Crippen LogP contribution is -2.46. The Kier molecular flexibility index (Phi) is 5.34. The van der Waals surface area contributed by atoms with Gasteiger partial charge in [0.15, 0.2) is 0 Å². The van der Waals surface area contributed by atoms with Crippen molar-refractivity contribution in [2.24, 2.45) is 5.92 Å². The monoisotopic (exact) mass is 361 g/mol. The van der Waals surface area contributed by atoms with Crippen LogP contribution in [0.15, 0.2) is 6.20 Å². The fraction of sp³-hybridized carbons (Fsp3) is 0.789. The van der Waals surface area contributed by atoms with Crippen LogP contribution in [-0.4, -0.2) is 62.8 Å². The van der Waals surface area contributed by atoms with Crippen LogP contribution in [-0.2, 0) is 15.0 Å². The lowest BCUT2D eigenvalue weighted by molar-refractivity contribution is -0.141. The van der Waals surface area contributed by atoms with Crippen LogP contribution in [0.5, 0.6) is 0 Å². The molecule has 0 spiro atoms. The lowest BCUT2D eigenvalue weighted by Gasteiger charge is -2.37. The molecule has 0 saturated carbocycles. The van der Waals surface area contributed by atoms with E-state index in [0.717, 1.165) is 44.5 Å². The highest BCUT2D eigenvalue weighted by Gasteiger charge is 2.32. The second-order valence-electron chi connectivity index (χ2n) is 8.67. The van der Waals surface area contributed by atoms with Crippen molar-refractivity contribution in [1.82, 2.24) is 24.8 Å². The summed E-state index contributed by atoms with van der Waals surface area (Å²) in [4.78, 5) is 28.1. The largest absolute Gasteiger partial charge is 0.343 e. The third-order valence-corrected chi connectivity index (χ3v) is 5.72. The van der Waals surface area contributed by atoms with E-state index in [9.17, 15) is 9.59 Å². The Balaban J connectivity index is 1.51. The first-order chi connectivity index (χ1) is 12.3. The molecule has 0 unspecified atom stereocenters. The molecule has 1 aromatic rings. The molecule has 0 aromatic carbocycles. The summed E-state index contributed by atoms with van der Waals surface area (Å²) in [5.41, 5.74) is 1.01. The van der Waals surface area contributed by atoms with Crippen LogP contribution in [0.25, 0.3) is 0 Å². The van der Waals surface area contributed by atoms with Gasteiger partial charge in [0.1, 0.15) is 0 Å². The molecule has 2 aliphatic rings. The molecule has 0 radical (unpaired) electrons. The number of amides is 2. The molecule has 7 heteroatoms. The second kappa shape index (κ2) is 7.37. The average molecular weight is 361 g/mol. The SMILES string of the molecule is CC(=O)N1CCC(C(=O)N2CCC(n3cc(C(C)(C)C)nn3)CC2)CC1. The van der Waals surface area contributed by atoms with Crippen LogP contribution in [0, 0.1) is 5.92 Å². The van der Waals surface area contributed by atoms with E-state index in [-0.39, 0.29) is 23.1 Å². The average Bonchev–Trinajstić information content (AvgIpc) is 3.12. The Bertz CT molecular complexity index is 647. The zero-order valence-electron chi connectivity index (χ0n) is 16.4. The quantitative estimate of drug-likeness (QED) is 0.808. The fourth-order valence-corrected chi connectivity index (χ4v) is 3.85. The lowest BCUT2D eigenvalue weighted by atomic mass is 9.93. The summed E-state index contributed by atoms with van der Waals surface area (Å²) in [5.74, 6) is 0.445. The van der Waals surface area contributed by atoms with E-state index >= 15 is 0 Å². The van der Waals surface area contributed by atoms with Crippen LogP contribution in [0.2, 0.25) is 0 Å². The predicted molar refractivity (Wildman–Crippen MR) is 98.6 cm³/mol. The van der Waals surface area contributed by atoms with Gasteiger partial charge in [-0.15, -0.1) is 5.10 Å². The van der Waals surface area contributed by atoms with Crippen molar-refractivity contribution in [2.45, 2.75) is 64.8 Å². The summed E-state index contributed by atoms with van der Waals surface area (Å²) in [5, 5.41) is 8.63. The number of nitrogens with zero attached hydrogens (tertiary/aromatic N) is 5. The number of aromatic nitrogens is 3. The van der Waals surface area contributed by atoms with E-state index in [1.807, 2.05) is 14.5 Å². The zero-order chi connectivity index (χ0) is 18.9. The van der Waals surface area contributed by atoms with Gasteiger partial charge in [0.2, 0.25) is 11.8 Å². The van der Waals surface area contributed by atoms with Crippen molar-refractivity contribution >= 4 is 11.8 Å². The van der Waals surface area contributed by atoms with E-state index in [1.54, 1.807) is 6.92 Å². The highest BCUT2D eigenvalue weighted by Crippen LogP contribution is 2.27. The van der Waals surface area contributed by atoms with Gasteiger partial charge in [-0.25, -0.2) is 4.68 Å². The number of hydrogen-bond donors (Lipinski definition) is 0. The predicted octanol–water partition coefficient (Wildman–Crippen LogP) is 2.00. The smallest absolute Gasteiger partial charge is 0.225 e. The van der Waals surface area contributed by atoms with Gasteiger partial charge in [0.25, 0.3) is 0 Å². The van der Waals surface area contributed by atoms with Crippen LogP contribution in [0.4, 0.5) is 0 Å². The third-order valence-electron chi connectivity index (χ3n) is 5.72. The first kappa shape index (κ1) is 18.9. The van der Waals surface area contributed by atoms with E-state index in [0.29, 0.717) is 19.1 Å². The molecule has 2 saturated heterocycles. The molecule has 144 valence electrons. The molecule has 3 rings (SSSR count). The molecule has 0 bridgehead atoms. The summed E-state index contributed by atoms with van der Waals surface area (Å²) in [7, 11) is 0. The molecule has 7 nitrogen and oxygen atoms in total. The Morgan fingerprint density at radius 3 is 2.08 bits per heavy atom. The number of hydrogen-bond acceptors (Lipinski definition) is 4. The molecule has 0 aliphatic carbocycles. The van der Waals surface area contributed by atoms with Crippen LogP contribution in [0.3, 0.4) is 0 Å². The second-order valence-corrected chi connectivity index (χ2v) is 8.67. The highest BCUT2D eigenvalue weighted by molar-refractivity contribution is 5.79. The molecular weight excluding hydrogens is 330 g/mol. The highest BCUT2D eigenvalue weighted by atomic mass is 16.2. The van der Waals surface area contributed by atoms with E-state index in [4.69, 9.17) is 0 Å². The van der Waals surface area contributed by atoms with Gasteiger partial charge in [0, 0.05) is 50.6 Å². The fourth-order valence-electron chi connectivity index (χ4n) is 3.85. The molecule has 2 aliphatic heterocycles. The molecular formula is C19H31N5O2. The van der Waals surface area contributed by atoms with Crippen molar-refractivity contribution in [1.29, 1.82) is 0 Å². The van der Waals surface area contributed by atoms with E-state index in [1.165, 1.54) is 0 Å². The van der Waals surface area contributed by atoms with Gasteiger partial charge in [-0.2, -0.15) is 0 Å². The van der Waals surface area contributed by atoms with E-state index in [2.05, 4.69) is 37.3 Å². The van der Waals surface area contributed by atoms with Gasteiger partial charge in [-0.05, 0) is 25.7 Å². The summed E-state index contributed by atoms with van der Waals surface area (Å²) >= 11 is 0. The van der Waals surface area contributed by atoms with Crippen LogP contribution >= 0.6 is 0 Å². The minimum atomic E-state index is 0.00363. The third kappa shape index (κ3) is 4.07. The normalized spacial score (nSPS) is 20.5. The Morgan fingerprint density at radius 1 is 1.00 bits per heavy atom. The first-order valence-corrected chi connectivity index (χ1v) is 9.72. The molecule has 2 fully saturated rings. The molecule has 0 N–H and O–H groups in total. The Hall–Kier alpha value is -1.92. The summed E-state index contributed by atoms with van der Waals surface area (Å²) < 4.78 is 1.98. The van der Waals surface area contributed by atoms with Crippen molar-refractivity contribution in [3.8, 4) is 0 Å². The molecule has 3 heterocycles. The number of rotatable bonds is 2. The summed E-state index contributed by atoms with van der Waals surface area (Å²) in [6.07, 6.45) is 5.47. The molecule has 0 atom stereocenters.